The van der Waals surface area contributed by atoms with Crippen LogP contribution in [0.3, 0.4) is 0 Å². The Bertz CT molecular complexity index is 879. The Labute approximate surface area is 161 Å². The lowest BCUT2D eigenvalue weighted by molar-refractivity contribution is -0.155. The van der Waals surface area contributed by atoms with Gasteiger partial charge in [-0.15, -0.1) is 0 Å². The molecular formula is C19H17ClN2O5. The molecule has 140 valence electrons. The van der Waals surface area contributed by atoms with Crippen molar-refractivity contribution < 1.29 is 23.8 Å². The third-order valence-corrected chi connectivity index (χ3v) is 3.68. The Kier molecular flexibility index (Phi) is 7.03. The van der Waals surface area contributed by atoms with E-state index in [9.17, 15) is 9.59 Å². The van der Waals surface area contributed by atoms with Crippen LogP contribution in [0.2, 0.25) is 5.02 Å². The smallest absolute Gasteiger partial charge is 0.344 e. The van der Waals surface area contributed by atoms with Gasteiger partial charge in [0.25, 0.3) is 5.91 Å². The van der Waals surface area contributed by atoms with E-state index in [4.69, 9.17) is 31.1 Å². The molecule has 2 aromatic carbocycles. The molecule has 2 rings (SSSR count). The van der Waals surface area contributed by atoms with Crippen molar-refractivity contribution in [2.45, 2.75) is 13.0 Å². The number of esters is 1. The maximum atomic E-state index is 12.2. The lowest BCUT2D eigenvalue weighted by Gasteiger charge is -2.15. The number of hydrogen-bond acceptors (Lipinski definition) is 6. The summed E-state index contributed by atoms with van der Waals surface area (Å²) in [5.74, 6) is -0.620. The van der Waals surface area contributed by atoms with Crippen LogP contribution in [0, 0.1) is 11.3 Å². The molecule has 0 fully saturated rings. The summed E-state index contributed by atoms with van der Waals surface area (Å²) in [5, 5.41) is 12.0. The van der Waals surface area contributed by atoms with Crippen molar-refractivity contribution in [3.8, 4) is 17.6 Å². The van der Waals surface area contributed by atoms with E-state index < -0.39 is 24.6 Å². The van der Waals surface area contributed by atoms with Crippen LogP contribution in [0.4, 0.5) is 5.69 Å². The van der Waals surface area contributed by atoms with Crippen LogP contribution in [0.15, 0.2) is 42.5 Å². The van der Waals surface area contributed by atoms with E-state index >= 15 is 0 Å². The van der Waals surface area contributed by atoms with Crippen molar-refractivity contribution in [1.29, 1.82) is 5.26 Å². The first-order valence-corrected chi connectivity index (χ1v) is 8.28. The Hall–Kier alpha value is -3.24. The van der Waals surface area contributed by atoms with E-state index in [0.717, 1.165) is 0 Å². The van der Waals surface area contributed by atoms with Gasteiger partial charge in [-0.25, -0.2) is 4.79 Å². The highest BCUT2D eigenvalue weighted by Gasteiger charge is 2.20. The van der Waals surface area contributed by atoms with Crippen molar-refractivity contribution >= 4 is 29.2 Å². The molecule has 8 heteroatoms. The number of carbonyl (C=O) groups excluding carboxylic acids is 2. The molecule has 1 N–H and O–H groups in total. The minimum absolute atomic E-state index is 0.262. The van der Waals surface area contributed by atoms with E-state index in [2.05, 4.69) is 5.32 Å². The Morgan fingerprint density at radius 1 is 1.22 bits per heavy atom. The van der Waals surface area contributed by atoms with Gasteiger partial charge in [0.2, 0.25) is 0 Å². The third-order valence-electron chi connectivity index (χ3n) is 3.45. The van der Waals surface area contributed by atoms with E-state index in [1.165, 1.54) is 20.1 Å². The van der Waals surface area contributed by atoms with E-state index in [0.29, 0.717) is 22.0 Å². The Balaban J connectivity index is 1.91. The monoisotopic (exact) mass is 388 g/mol. The van der Waals surface area contributed by atoms with Crippen molar-refractivity contribution in [2.24, 2.45) is 0 Å². The molecule has 7 nitrogen and oxygen atoms in total. The molecule has 0 bridgehead atoms. The molecule has 2 aromatic rings. The number of nitriles is 1. The van der Waals surface area contributed by atoms with Gasteiger partial charge in [-0.2, -0.15) is 5.26 Å². The van der Waals surface area contributed by atoms with Crippen LogP contribution in [0.25, 0.3) is 0 Å². The molecule has 27 heavy (non-hydrogen) atoms. The van der Waals surface area contributed by atoms with Crippen LogP contribution in [0.1, 0.15) is 12.5 Å². The first-order chi connectivity index (χ1) is 12.9. The number of nitrogens with one attached hydrogen (secondary N) is 1. The molecule has 0 radical (unpaired) electrons. The van der Waals surface area contributed by atoms with Gasteiger partial charge >= 0.3 is 5.97 Å². The van der Waals surface area contributed by atoms with Crippen LogP contribution in [-0.4, -0.2) is 31.7 Å². The number of para-hydroxylation sites is 1. The summed E-state index contributed by atoms with van der Waals surface area (Å²) in [6.45, 7) is 0.990. The fourth-order valence-corrected chi connectivity index (χ4v) is 2.29. The second-order valence-electron chi connectivity index (χ2n) is 5.36. The molecular weight excluding hydrogens is 372 g/mol. The summed E-state index contributed by atoms with van der Waals surface area (Å²) in [4.78, 5) is 24.1. The molecule has 0 saturated carbocycles. The number of nitrogens with zero attached hydrogens (tertiary/aromatic N) is 1. The summed E-state index contributed by atoms with van der Waals surface area (Å²) < 4.78 is 15.5. The summed E-state index contributed by atoms with van der Waals surface area (Å²) in [5.41, 5.74) is 0.654. The summed E-state index contributed by atoms with van der Waals surface area (Å²) in [6.07, 6.45) is -1.07. The predicted molar refractivity (Wildman–Crippen MR) is 98.8 cm³/mol. The van der Waals surface area contributed by atoms with E-state index in [-0.39, 0.29) is 5.75 Å². The second kappa shape index (κ2) is 9.46. The predicted octanol–water partition coefficient (Wildman–Crippen LogP) is 3.17. The number of amides is 1. The number of benzene rings is 2. The number of ether oxygens (including phenoxy) is 3. The summed E-state index contributed by atoms with van der Waals surface area (Å²) in [7, 11) is 1.46. The standard InChI is InChI=1S/C19H17ClN2O5/c1-12(19(24)22-15-9-14(20)7-8-17(15)25-2)27-18(23)11-26-16-6-4-3-5-13(16)10-21/h3-9,12H,11H2,1-2H3,(H,22,24)/t12-/m0/s1. The maximum Gasteiger partial charge on any atom is 0.344 e. The number of halogens is 1. The van der Waals surface area contributed by atoms with Crippen LogP contribution >= 0.6 is 11.6 Å². The highest BCUT2D eigenvalue weighted by molar-refractivity contribution is 6.31. The van der Waals surface area contributed by atoms with Gasteiger partial charge in [0.15, 0.2) is 12.7 Å². The lowest BCUT2D eigenvalue weighted by atomic mass is 10.2. The Morgan fingerprint density at radius 2 is 1.96 bits per heavy atom. The van der Waals surface area contributed by atoms with E-state index in [1.807, 2.05) is 6.07 Å². The molecule has 0 heterocycles. The number of methoxy groups -OCH3 is 1. The normalized spacial score (nSPS) is 11.0. The number of carbonyl (C=O) groups is 2. The topological polar surface area (TPSA) is 97.7 Å². The molecule has 0 aliphatic heterocycles. The van der Waals surface area contributed by atoms with Crippen LogP contribution in [-0.2, 0) is 14.3 Å². The number of rotatable bonds is 7. The molecule has 1 amide bonds. The third kappa shape index (κ3) is 5.62. The van der Waals surface area contributed by atoms with Crippen molar-refractivity contribution in [1.82, 2.24) is 0 Å². The minimum Gasteiger partial charge on any atom is -0.495 e. The molecule has 0 aliphatic rings. The summed E-state index contributed by atoms with van der Waals surface area (Å²) in [6, 6.07) is 13.2. The largest absolute Gasteiger partial charge is 0.495 e. The molecule has 0 saturated heterocycles. The van der Waals surface area contributed by atoms with E-state index in [1.54, 1.807) is 36.4 Å². The van der Waals surface area contributed by atoms with Gasteiger partial charge in [0.1, 0.15) is 17.6 Å². The van der Waals surface area contributed by atoms with Crippen molar-refractivity contribution in [3.05, 3.63) is 53.1 Å². The highest BCUT2D eigenvalue weighted by atomic mass is 35.5. The molecule has 1 atom stereocenters. The lowest BCUT2D eigenvalue weighted by Crippen LogP contribution is -2.31. The zero-order valence-corrected chi connectivity index (χ0v) is 15.4. The first kappa shape index (κ1) is 20.1. The molecule has 0 spiro atoms. The van der Waals surface area contributed by atoms with Gasteiger partial charge in [-0.1, -0.05) is 23.7 Å². The minimum atomic E-state index is -1.07. The van der Waals surface area contributed by atoms with Crippen LogP contribution in [0.5, 0.6) is 11.5 Å². The molecule has 0 aliphatic carbocycles. The number of anilines is 1. The number of hydrogen-bond donors (Lipinski definition) is 1. The highest BCUT2D eigenvalue weighted by Crippen LogP contribution is 2.27. The van der Waals surface area contributed by atoms with Gasteiger partial charge in [-0.3, -0.25) is 4.79 Å². The maximum absolute atomic E-state index is 12.2. The van der Waals surface area contributed by atoms with Gasteiger partial charge in [0.05, 0.1) is 18.4 Å². The van der Waals surface area contributed by atoms with Gasteiger partial charge in [-0.05, 0) is 37.3 Å². The van der Waals surface area contributed by atoms with Crippen molar-refractivity contribution in [3.63, 3.8) is 0 Å². The fraction of sp³-hybridized carbons (Fsp3) is 0.211. The fourth-order valence-electron chi connectivity index (χ4n) is 2.12. The van der Waals surface area contributed by atoms with Crippen molar-refractivity contribution in [2.75, 3.05) is 19.0 Å². The molecule has 0 aromatic heterocycles. The van der Waals surface area contributed by atoms with Crippen LogP contribution < -0.4 is 14.8 Å². The Morgan fingerprint density at radius 3 is 2.67 bits per heavy atom. The quantitative estimate of drug-likeness (QED) is 0.731. The zero-order chi connectivity index (χ0) is 19.8. The van der Waals surface area contributed by atoms with Gasteiger partial charge < -0.3 is 19.5 Å². The zero-order valence-electron chi connectivity index (χ0n) is 14.7. The summed E-state index contributed by atoms with van der Waals surface area (Å²) >= 11 is 5.91. The molecule has 0 unspecified atom stereocenters. The average molecular weight is 389 g/mol. The SMILES string of the molecule is COc1ccc(Cl)cc1NC(=O)[C@H](C)OC(=O)COc1ccccc1C#N. The first-order valence-electron chi connectivity index (χ1n) is 7.90. The van der Waals surface area contributed by atoms with Gasteiger partial charge in [0, 0.05) is 5.02 Å². The second-order valence-corrected chi connectivity index (χ2v) is 5.80. The average Bonchev–Trinajstić information content (AvgIpc) is 2.66.